The van der Waals surface area contributed by atoms with E-state index in [4.69, 9.17) is 0 Å². The average Bonchev–Trinajstić information content (AvgIpc) is 3.27. The van der Waals surface area contributed by atoms with Gasteiger partial charge in [0, 0.05) is 12.0 Å². The van der Waals surface area contributed by atoms with Crippen molar-refractivity contribution in [3.05, 3.63) is 53.7 Å². The van der Waals surface area contributed by atoms with Gasteiger partial charge in [-0.15, -0.1) is 11.3 Å². The Morgan fingerprint density at radius 1 is 1.21 bits per heavy atom. The standard InChI is InChI=1S/C18H17N3OS2/c22-15(10-24-17-16-14(6-9-23-16)20-12-21-17)19-11-18(7-8-18)13-4-2-1-3-5-13/h1-6,9,12H,7-8,10-11H2,(H,19,22). The van der Waals surface area contributed by atoms with Gasteiger partial charge in [0.25, 0.3) is 0 Å². The van der Waals surface area contributed by atoms with Crippen LogP contribution in [0.25, 0.3) is 10.2 Å². The van der Waals surface area contributed by atoms with Gasteiger partial charge in [-0.25, -0.2) is 9.97 Å². The number of hydrogen-bond acceptors (Lipinski definition) is 5. The molecule has 1 N–H and O–H groups in total. The molecule has 1 aliphatic carbocycles. The summed E-state index contributed by atoms with van der Waals surface area (Å²) in [4.78, 5) is 20.8. The number of hydrogen-bond donors (Lipinski definition) is 1. The van der Waals surface area contributed by atoms with E-state index in [1.807, 2.05) is 17.5 Å². The molecule has 1 saturated carbocycles. The first kappa shape index (κ1) is 15.6. The van der Waals surface area contributed by atoms with Gasteiger partial charge in [-0.3, -0.25) is 4.79 Å². The van der Waals surface area contributed by atoms with E-state index in [1.165, 1.54) is 17.3 Å². The fraction of sp³-hybridized carbons (Fsp3) is 0.278. The number of thioether (sulfide) groups is 1. The summed E-state index contributed by atoms with van der Waals surface area (Å²) < 4.78 is 1.05. The summed E-state index contributed by atoms with van der Waals surface area (Å²) in [5, 5.41) is 5.98. The molecule has 0 aliphatic heterocycles. The maximum Gasteiger partial charge on any atom is 0.230 e. The first-order valence-corrected chi connectivity index (χ1v) is 9.77. The zero-order valence-corrected chi connectivity index (χ0v) is 14.7. The summed E-state index contributed by atoms with van der Waals surface area (Å²) in [6.07, 6.45) is 3.85. The number of nitrogens with zero attached hydrogens (tertiary/aromatic N) is 2. The molecule has 0 spiro atoms. The van der Waals surface area contributed by atoms with Gasteiger partial charge >= 0.3 is 0 Å². The second-order valence-electron chi connectivity index (χ2n) is 6.03. The minimum absolute atomic E-state index is 0.0607. The Hall–Kier alpha value is -1.92. The van der Waals surface area contributed by atoms with Gasteiger partial charge in [-0.2, -0.15) is 0 Å². The molecular weight excluding hydrogens is 338 g/mol. The molecule has 2 aromatic heterocycles. The lowest BCUT2D eigenvalue weighted by Crippen LogP contribution is -2.33. The van der Waals surface area contributed by atoms with Gasteiger partial charge in [0.05, 0.1) is 16.0 Å². The van der Waals surface area contributed by atoms with Gasteiger partial charge in [0.2, 0.25) is 5.91 Å². The quantitative estimate of drug-likeness (QED) is 0.542. The molecular formula is C18H17N3OS2. The number of nitrogens with one attached hydrogen (secondary N) is 1. The highest BCUT2D eigenvalue weighted by Crippen LogP contribution is 2.47. The number of benzene rings is 1. The molecule has 1 aliphatic rings. The fourth-order valence-electron chi connectivity index (χ4n) is 2.83. The third-order valence-electron chi connectivity index (χ3n) is 4.41. The van der Waals surface area contributed by atoms with E-state index in [1.54, 1.807) is 17.7 Å². The predicted molar refractivity (Wildman–Crippen MR) is 98.5 cm³/mol. The van der Waals surface area contributed by atoms with Gasteiger partial charge < -0.3 is 5.32 Å². The topological polar surface area (TPSA) is 54.9 Å². The zero-order valence-electron chi connectivity index (χ0n) is 13.1. The Balaban J connectivity index is 1.34. The van der Waals surface area contributed by atoms with Crippen molar-refractivity contribution in [2.75, 3.05) is 12.3 Å². The fourth-order valence-corrected chi connectivity index (χ4v) is 4.61. The van der Waals surface area contributed by atoms with Crippen LogP contribution in [0.5, 0.6) is 0 Å². The summed E-state index contributed by atoms with van der Waals surface area (Å²) in [7, 11) is 0. The molecule has 122 valence electrons. The molecule has 4 nitrogen and oxygen atoms in total. The van der Waals surface area contributed by atoms with Crippen LogP contribution >= 0.6 is 23.1 Å². The maximum absolute atomic E-state index is 12.2. The smallest absolute Gasteiger partial charge is 0.230 e. The number of carbonyl (C=O) groups excluding carboxylic acids is 1. The van der Waals surface area contributed by atoms with E-state index in [0.717, 1.165) is 28.1 Å². The molecule has 24 heavy (non-hydrogen) atoms. The summed E-state index contributed by atoms with van der Waals surface area (Å²) in [6, 6.07) is 12.4. The minimum atomic E-state index is 0.0607. The van der Waals surface area contributed by atoms with Crippen molar-refractivity contribution < 1.29 is 4.79 Å². The Morgan fingerprint density at radius 3 is 2.83 bits per heavy atom. The van der Waals surface area contributed by atoms with Crippen molar-refractivity contribution in [1.29, 1.82) is 0 Å². The minimum Gasteiger partial charge on any atom is -0.354 e. The molecule has 6 heteroatoms. The molecule has 4 rings (SSSR count). The van der Waals surface area contributed by atoms with Crippen molar-refractivity contribution in [2.45, 2.75) is 23.3 Å². The molecule has 0 bridgehead atoms. The number of carbonyl (C=O) groups is 1. The molecule has 3 aromatic rings. The number of rotatable bonds is 6. The SMILES string of the molecule is O=C(CSc1ncnc2ccsc12)NCC1(c2ccccc2)CC1. The van der Waals surface area contributed by atoms with Gasteiger partial charge in [0.15, 0.2) is 0 Å². The summed E-state index contributed by atoms with van der Waals surface area (Å²) in [5.41, 5.74) is 2.42. The van der Waals surface area contributed by atoms with Crippen molar-refractivity contribution in [3.63, 3.8) is 0 Å². The molecule has 0 radical (unpaired) electrons. The van der Waals surface area contributed by atoms with Crippen LogP contribution in [0.3, 0.4) is 0 Å². The van der Waals surface area contributed by atoms with Crippen LogP contribution in [-0.4, -0.2) is 28.2 Å². The second kappa shape index (κ2) is 6.53. The Morgan fingerprint density at radius 2 is 2.04 bits per heavy atom. The van der Waals surface area contributed by atoms with E-state index in [9.17, 15) is 4.79 Å². The van der Waals surface area contributed by atoms with Crippen LogP contribution in [-0.2, 0) is 10.2 Å². The van der Waals surface area contributed by atoms with Gasteiger partial charge in [-0.05, 0) is 29.9 Å². The van der Waals surface area contributed by atoms with Crippen LogP contribution < -0.4 is 5.32 Å². The zero-order chi connectivity index (χ0) is 16.4. The summed E-state index contributed by atoms with van der Waals surface area (Å²) in [5.74, 6) is 0.444. The normalized spacial score (nSPS) is 15.3. The van der Waals surface area contributed by atoms with E-state index in [2.05, 4.69) is 39.6 Å². The van der Waals surface area contributed by atoms with Crippen LogP contribution in [0, 0.1) is 0 Å². The van der Waals surface area contributed by atoms with Gasteiger partial charge in [-0.1, -0.05) is 42.1 Å². The number of fused-ring (bicyclic) bond motifs is 1. The van der Waals surface area contributed by atoms with E-state index < -0.39 is 0 Å². The highest BCUT2D eigenvalue weighted by atomic mass is 32.2. The van der Waals surface area contributed by atoms with E-state index >= 15 is 0 Å². The number of aromatic nitrogens is 2. The van der Waals surface area contributed by atoms with E-state index in [0.29, 0.717) is 12.3 Å². The molecule has 0 atom stereocenters. The molecule has 2 heterocycles. The molecule has 1 amide bonds. The number of amides is 1. The largest absolute Gasteiger partial charge is 0.354 e. The first-order chi connectivity index (χ1) is 11.8. The van der Waals surface area contributed by atoms with Crippen molar-refractivity contribution >= 4 is 39.2 Å². The van der Waals surface area contributed by atoms with Crippen molar-refractivity contribution in [2.24, 2.45) is 0 Å². The maximum atomic E-state index is 12.2. The van der Waals surface area contributed by atoms with Crippen LogP contribution in [0.1, 0.15) is 18.4 Å². The highest BCUT2D eigenvalue weighted by Gasteiger charge is 2.44. The van der Waals surface area contributed by atoms with Crippen LogP contribution in [0.2, 0.25) is 0 Å². The lowest BCUT2D eigenvalue weighted by atomic mass is 9.96. The summed E-state index contributed by atoms with van der Waals surface area (Å²) in [6.45, 7) is 0.717. The Bertz CT molecular complexity index is 859. The first-order valence-electron chi connectivity index (χ1n) is 7.90. The van der Waals surface area contributed by atoms with E-state index in [-0.39, 0.29) is 11.3 Å². The third-order valence-corrected chi connectivity index (χ3v) is 6.44. The predicted octanol–water partition coefficient (Wildman–Crippen LogP) is 3.63. The second-order valence-corrected chi connectivity index (χ2v) is 7.91. The lowest BCUT2D eigenvalue weighted by Gasteiger charge is -2.16. The van der Waals surface area contributed by atoms with Crippen molar-refractivity contribution in [1.82, 2.24) is 15.3 Å². The van der Waals surface area contributed by atoms with Crippen LogP contribution in [0.15, 0.2) is 53.1 Å². The molecule has 0 saturated heterocycles. The summed E-state index contributed by atoms with van der Waals surface area (Å²) >= 11 is 3.09. The monoisotopic (exact) mass is 355 g/mol. The Kier molecular flexibility index (Phi) is 4.24. The third kappa shape index (κ3) is 3.16. The molecule has 1 fully saturated rings. The van der Waals surface area contributed by atoms with Gasteiger partial charge in [0.1, 0.15) is 11.4 Å². The average molecular weight is 355 g/mol. The molecule has 1 aromatic carbocycles. The lowest BCUT2D eigenvalue weighted by molar-refractivity contribution is -0.118. The Labute approximate surface area is 148 Å². The van der Waals surface area contributed by atoms with Crippen LogP contribution in [0.4, 0.5) is 0 Å². The van der Waals surface area contributed by atoms with Crippen molar-refractivity contribution in [3.8, 4) is 0 Å². The molecule has 0 unspecified atom stereocenters. The number of thiophene rings is 1. The highest BCUT2D eigenvalue weighted by molar-refractivity contribution is 8.00.